The van der Waals surface area contributed by atoms with Crippen molar-refractivity contribution in [2.45, 2.75) is 70.2 Å². The van der Waals surface area contributed by atoms with Crippen molar-refractivity contribution in [2.24, 2.45) is 22.7 Å². The average Bonchev–Trinajstić information content (AvgIpc) is 3.15. The zero-order valence-electron chi connectivity index (χ0n) is 30.4. The molecule has 2 aliphatic heterocycles. The van der Waals surface area contributed by atoms with Gasteiger partial charge >= 0.3 is 11.6 Å². The first-order valence-corrected chi connectivity index (χ1v) is 18.1. The molecule has 11 heteroatoms. The second kappa shape index (κ2) is 12.8. The Bertz CT molecular complexity index is 2130. The van der Waals surface area contributed by atoms with Gasteiger partial charge in [0.2, 0.25) is 0 Å². The number of anilines is 1. The van der Waals surface area contributed by atoms with Gasteiger partial charge in [-0.3, -0.25) is 4.98 Å². The van der Waals surface area contributed by atoms with E-state index in [1.54, 1.807) is 54.9 Å². The summed E-state index contributed by atoms with van der Waals surface area (Å²) in [5.41, 5.74) is 0.249. The number of hydrogen-bond donors (Lipinski definition) is 1. The lowest BCUT2D eigenvalue weighted by atomic mass is 9.42. The summed E-state index contributed by atoms with van der Waals surface area (Å²) in [6.07, 6.45) is 2.09. The number of aliphatic hydroxyl groups is 1. The second-order valence-electron chi connectivity index (χ2n) is 15.8. The Labute approximate surface area is 308 Å². The van der Waals surface area contributed by atoms with Gasteiger partial charge in [-0.1, -0.05) is 26.0 Å². The van der Waals surface area contributed by atoms with Crippen LogP contribution in [-0.2, 0) is 14.2 Å². The van der Waals surface area contributed by atoms with E-state index < -0.39 is 52.4 Å². The molecule has 4 aromatic rings. The van der Waals surface area contributed by atoms with Gasteiger partial charge in [0.15, 0.2) is 6.29 Å². The number of pyridine rings is 1. The molecule has 2 saturated carbocycles. The van der Waals surface area contributed by atoms with Crippen LogP contribution in [0.2, 0.25) is 0 Å². The number of carbonyl (C=O) groups excluding carboxylic acids is 1. The Hall–Kier alpha value is -5.02. The molecule has 0 radical (unpaired) electrons. The summed E-state index contributed by atoms with van der Waals surface area (Å²) in [6, 6.07) is 21.6. The Morgan fingerprint density at radius 3 is 2.49 bits per heavy atom. The fraction of sp³-hybridized carbons (Fsp3) is 0.429. The quantitative estimate of drug-likeness (QED) is 0.223. The maximum Gasteiger partial charge on any atom is 0.345 e. The lowest BCUT2D eigenvalue weighted by Crippen LogP contribution is -2.71. The first-order chi connectivity index (χ1) is 25.4. The van der Waals surface area contributed by atoms with Crippen molar-refractivity contribution in [3.63, 3.8) is 0 Å². The van der Waals surface area contributed by atoms with Gasteiger partial charge in [-0.05, 0) is 86.1 Å². The molecule has 2 unspecified atom stereocenters. The zero-order valence-corrected chi connectivity index (χ0v) is 30.4. The van der Waals surface area contributed by atoms with Crippen molar-refractivity contribution in [1.29, 1.82) is 5.26 Å². The maximum atomic E-state index is 13.9. The van der Waals surface area contributed by atoms with E-state index in [1.165, 1.54) is 0 Å². The summed E-state index contributed by atoms with van der Waals surface area (Å²) in [5, 5.41) is 21.7. The van der Waals surface area contributed by atoms with Crippen LogP contribution in [0.3, 0.4) is 0 Å². The lowest BCUT2D eigenvalue weighted by molar-refractivity contribution is -0.330. The molecule has 8 rings (SSSR count). The molecule has 0 spiro atoms. The normalized spacial score (nSPS) is 32.8. The second-order valence-corrected chi connectivity index (χ2v) is 15.8. The van der Waals surface area contributed by atoms with Gasteiger partial charge in [0, 0.05) is 60.7 Å². The summed E-state index contributed by atoms with van der Waals surface area (Å²) in [6.45, 7) is 6.56. The molecule has 1 saturated heterocycles. The molecular formula is C42H43N3O8. The standard InChI is InChI=1S/C42H43N3O8/c1-40-17-16-32-41(2,23-49-39(52-32)26-12-14-28(15-13-26)45(4)5)31(40)20-33(51-37(47)25-10-8-24(21-43)9-11-25)42(3)36(40)35(46)34-30(53-42)19-29(50-38(34)48)27-7-6-18-44-22-27/h6-15,18-19,22,31-33,35-36,39,46H,16-17,20,23H2,1-5H3/t31?,32-,33-,35-,36?,39+,40-,41-,42+/m0/s1. The summed E-state index contributed by atoms with van der Waals surface area (Å²) in [4.78, 5) is 33.8. The van der Waals surface area contributed by atoms with Crippen LogP contribution in [0.25, 0.3) is 11.3 Å². The van der Waals surface area contributed by atoms with Gasteiger partial charge in [-0.25, -0.2) is 9.59 Å². The molecule has 53 heavy (non-hydrogen) atoms. The zero-order chi connectivity index (χ0) is 37.3. The number of aliphatic hydroxyl groups excluding tert-OH is 1. The maximum absolute atomic E-state index is 13.9. The Balaban J connectivity index is 1.18. The molecule has 4 heterocycles. The minimum Gasteiger partial charge on any atom is -0.482 e. The smallest absolute Gasteiger partial charge is 0.345 e. The molecule has 2 aromatic heterocycles. The molecule has 0 bridgehead atoms. The number of rotatable bonds is 5. The molecule has 11 nitrogen and oxygen atoms in total. The average molecular weight is 718 g/mol. The molecule has 1 N–H and O–H groups in total. The number of hydrogen-bond acceptors (Lipinski definition) is 11. The Morgan fingerprint density at radius 2 is 1.81 bits per heavy atom. The van der Waals surface area contributed by atoms with Crippen LogP contribution in [0.5, 0.6) is 5.75 Å². The van der Waals surface area contributed by atoms with Crippen LogP contribution >= 0.6 is 0 Å². The third-order valence-corrected chi connectivity index (χ3v) is 12.5. The van der Waals surface area contributed by atoms with Crippen molar-refractivity contribution in [1.82, 2.24) is 4.98 Å². The topological polar surface area (TPSA) is 144 Å². The van der Waals surface area contributed by atoms with Gasteiger partial charge in [-0.2, -0.15) is 5.26 Å². The fourth-order valence-electron chi connectivity index (χ4n) is 9.84. The molecule has 0 amide bonds. The first-order valence-electron chi connectivity index (χ1n) is 18.1. The number of carbonyl (C=O) groups is 1. The van der Waals surface area contributed by atoms with Crippen molar-refractivity contribution < 1.29 is 33.3 Å². The highest BCUT2D eigenvalue weighted by Crippen LogP contribution is 2.68. The predicted octanol–water partition coefficient (Wildman–Crippen LogP) is 6.61. The highest BCUT2D eigenvalue weighted by atomic mass is 16.7. The SMILES string of the molecule is CN(C)c1ccc([C@@H]2OC[C@@]3(C)C4C[C@H](OC(=O)c5ccc(C#N)cc5)[C@@]5(C)Oc6cc(-c7cccnc7)oc(=O)c6[C@H](O)C5[C@@]4(C)CC[C@@H]3O2)cc1. The van der Waals surface area contributed by atoms with Gasteiger partial charge in [0.1, 0.15) is 28.8 Å². The predicted molar refractivity (Wildman–Crippen MR) is 194 cm³/mol. The van der Waals surface area contributed by atoms with E-state index in [0.717, 1.165) is 11.3 Å². The molecule has 2 aliphatic carbocycles. The van der Waals surface area contributed by atoms with Gasteiger partial charge in [0.05, 0.1) is 36.0 Å². The number of nitriles is 1. The van der Waals surface area contributed by atoms with Crippen LogP contribution < -0.4 is 15.3 Å². The minimum absolute atomic E-state index is 0.0452. The number of ether oxygens (including phenoxy) is 4. The van der Waals surface area contributed by atoms with Crippen LogP contribution in [0.4, 0.5) is 5.69 Å². The summed E-state index contributed by atoms with van der Waals surface area (Å²) >= 11 is 0. The van der Waals surface area contributed by atoms with Gasteiger partial charge in [-0.15, -0.1) is 0 Å². The highest BCUT2D eigenvalue weighted by molar-refractivity contribution is 5.89. The number of nitrogens with zero attached hydrogens (tertiary/aromatic N) is 3. The van der Waals surface area contributed by atoms with Gasteiger partial charge in [0.25, 0.3) is 0 Å². The molecule has 4 aliphatic rings. The first kappa shape index (κ1) is 35.0. The van der Waals surface area contributed by atoms with Crippen molar-refractivity contribution >= 4 is 11.7 Å². The van der Waals surface area contributed by atoms with E-state index in [1.807, 2.05) is 50.2 Å². The Morgan fingerprint density at radius 1 is 1.06 bits per heavy atom. The van der Waals surface area contributed by atoms with Crippen LogP contribution in [-0.4, -0.2) is 54.6 Å². The van der Waals surface area contributed by atoms with Crippen LogP contribution in [0, 0.1) is 34.0 Å². The van der Waals surface area contributed by atoms with E-state index in [9.17, 15) is 20.0 Å². The molecule has 274 valence electrons. The highest BCUT2D eigenvalue weighted by Gasteiger charge is 2.71. The number of benzene rings is 2. The van der Waals surface area contributed by atoms with E-state index in [4.69, 9.17) is 23.4 Å². The van der Waals surface area contributed by atoms with Crippen LogP contribution in [0.1, 0.15) is 79.5 Å². The molecule has 9 atom stereocenters. The number of esters is 1. The number of fused-ring (bicyclic) bond motifs is 6. The largest absolute Gasteiger partial charge is 0.482 e. The lowest BCUT2D eigenvalue weighted by Gasteiger charge is -2.67. The van der Waals surface area contributed by atoms with Gasteiger partial charge < -0.3 is 33.4 Å². The third kappa shape index (κ3) is 5.63. The molecule has 3 fully saturated rings. The van der Waals surface area contributed by atoms with Crippen molar-refractivity contribution in [3.8, 4) is 23.1 Å². The third-order valence-electron chi connectivity index (χ3n) is 12.5. The summed E-state index contributed by atoms with van der Waals surface area (Å²) in [5.74, 6) is -1.01. The van der Waals surface area contributed by atoms with E-state index in [2.05, 4.69) is 24.9 Å². The fourth-order valence-corrected chi connectivity index (χ4v) is 9.84. The van der Waals surface area contributed by atoms with E-state index >= 15 is 0 Å². The van der Waals surface area contributed by atoms with Crippen molar-refractivity contribution in [3.05, 3.63) is 112 Å². The van der Waals surface area contributed by atoms with Crippen LogP contribution in [0.15, 0.2) is 88.3 Å². The molecular weight excluding hydrogens is 674 g/mol. The summed E-state index contributed by atoms with van der Waals surface area (Å²) in [7, 11) is 3.99. The van der Waals surface area contributed by atoms with Crippen molar-refractivity contribution in [2.75, 3.05) is 25.6 Å². The van der Waals surface area contributed by atoms with E-state index in [-0.39, 0.29) is 34.7 Å². The monoisotopic (exact) mass is 717 g/mol. The minimum atomic E-state index is -1.29. The number of aromatic nitrogens is 1. The Kier molecular flexibility index (Phi) is 8.48. The molecule has 2 aromatic carbocycles. The van der Waals surface area contributed by atoms with E-state index in [0.29, 0.717) is 37.0 Å². The summed E-state index contributed by atoms with van der Waals surface area (Å²) < 4.78 is 32.4.